The van der Waals surface area contributed by atoms with Gasteiger partial charge in [0.25, 0.3) is 0 Å². The van der Waals surface area contributed by atoms with Crippen molar-refractivity contribution in [2.24, 2.45) is 0 Å². The molecule has 1 aromatic heterocycles. The van der Waals surface area contributed by atoms with Gasteiger partial charge in [-0.25, -0.2) is 18.1 Å². The number of rotatable bonds is 5. The zero-order valence-corrected chi connectivity index (χ0v) is 11.0. The summed E-state index contributed by atoms with van der Waals surface area (Å²) in [6.45, 7) is 0.234. The average Bonchev–Trinajstić information content (AvgIpc) is 2.23. The zero-order valence-electron chi connectivity index (χ0n) is 8.57. The molecule has 16 heavy (non-hydrogen) atoms. The Bertz CT molecular complexity index is 464. The van der Waals surface area contributed by atoms with Crippen LogP contribution in [0.4, 0.5) is 11.8 Å². The third-order valence-corrected chi connectivity index (χ3v) is 3.68. The van der Waals surface area contributed by atoms with Gasteiger partial charge < -0.3 is 11.1 Å². The van der Waals surface area contributed by atoms with Crippen LogP contribution in [-0.4, -0.2) is 37.7 Å². The minimum Gasteiger partial charge on any atom is -0.368 e. The second-order valence-electron chi connectivity index (χ2n) is 2.87. The van der Waals surface area contributed by atoms with E-state index in [-0.39, 0.29) is 18.2 Å². The van der Waals surface area contributed by atoms with Gasteiger partial charge >= 0.3 is 0 Å². The Kier molecular flexibility index (Phi) is 4.44. The van der Waals surface area contributed by atoms with E-state index < -0.39 is 10.0 Å². The summed E-state index contributed by atoms with van der Waals surface area (Å²) in [5.41, 5.74) is 5.40. The van der Waals surface area contributed by atoms with E-state index in [0.29, 0.717) is 10.3 Å². The number of nitrogens with two attached hydrogens (primary N) is 1. The first kappa shape index (κ1) is 13.1. The first-order chi connectivity index (χ1) is 7.44. The summed E-state index contributed by atoms with van der Waals surface area (Å²) in [5.74, 6) is 0.556. The maximum Gasteiger partial charge on any atom is 0.221 e. The van der Waals surface area contributed by atoms with E-state index >= 15 is 0 Å². The predicted molar refractivity (Wildman–Crippen MR) is 65.5 cm³/mol. The summed E-state index contributed by atoms with van der Waals surface area (Å²) >= 11 is 3.22. The molecule has 9 heteroatoms. The zero-order chi connectivity index (χ0) is 12.2. The lowest BCUT2D eigenvalue weighted by Gasteiger charge is -2.07. The molecule has 90 valence electrons. The van der Waals surface area contributed by atoms with E-state index in [1.54, 1.807) is 0 Å². The molecule has 0 aromatic carbocycles. The van der Waals surface area contributed by atoms with Crippen LogP contribution in [0.1, 0.15) is 0 Å². The van der Waals surface area contributed by atoms with Crippen LogP contribution in [0, 0.1) is 0 Å². The fraction of sp³-hybridized carbons (Fsp3) is 0.429. The smallest absolute Gasteiger partial charge is 0.221 e. The van der Waals surface area contributed by atoms with Crippen LogP contribution in [-0.2, 0) is 10.0 Å². The van der Waals surface area contributed by atoms with Gasteiger partial charge in [-0.1, -0.05) is 0 Å². The number of anilines is 2. The third-order valence-electron chi connectivity index (χ3n) is 1.74. The molecule has 0 fully saturated rings. The molecule has 0 aliphatic heterocycles. The first-order valence-electron chi connectivity index (χ1n) is 4.38. The summed E-state index contributed by atoms with van der Waals surface area (Å²) in [6, 6.07) is 0. The van der Waals surface area contributed by atoms with Crippen molar-refractivity contribution < 1.29 is 8.42 Å². The number of nitrogens with one attached hydrogen (secondary N) is 2. The lowest BCUT2D eigenvalue weighted by Crippen LogP contribution is -2.26. The molecule has 0 spiro atoms. The molecule has 0 aliphatic carbocycles. The minimum absolute atomic E-state index is 0.0418. The Morgan fingerprint density at radius 1 is 1.56 bits per heavy atom. The molecule has 1 rings (SSSR count). The van der Waals surface area contributed by atoms with E-state index in [9.17, 15) is 8.42 Å². The number of hydrogen-bond acceptors (Lipinski definition) is 6. The van der Waals surface area contributed by atoms with E-state index in [0.717, 1.165) is 0 Å². The van der Waals surface area contributed by atoms with Crippen molar-refractivity contribution in [1.29, 1.82) is 0 Å². The van der Waals surface area contributed by atoms with Gasteiger partial charge in [0.15, 0.2) is 0 Å². The van der Waals surface area contributed by atoms with E-state index in [2.05, 4.69) is 35.9 Å². The molecule has 1 heterocycles. The van der Waals surface area contributed by atoms with Gasteiger partial charge in [-0.3, -0.25) is 0 Å². The normalized spacial score (nSPS) is 11.4. The van der Waals surface area contributed by atoms with Crippen LogP contribution in [0.15, 0.2) is 10.7 Å². The number of sulfonamides is 1. The lowest BCUT2D eigenvalue weighted by atomic mass is 10.5. The summed E-state index contributed by atoms with van der Waals surface area (Å²) in [7, 11) is -1.85. The minimum atomic E-state index is -3.22. The molecule has 0 saturated carbocycles. The highest BCUT2D eigenvalue weighted by Crippen LogP contribution is 2.18. The lowest BCUT2D eigenvalue weighted by molar-refractivity contribution is 0.588. The number of aromatic nitrogens is 2. The molecule has 0 aliphatic rings. The van der Waals surface area contributed by atoms with Gasteiger partial charge in [0.2, 0.25) is 16.0 Å². The van der Waals surface area contributed by atoms with Crippen molar-refractivity contribution >= 4 is 37.7 Å². The van der Waals surface area contributed by atoms with Gasteiger partial charge in [0.1, 0.15) is 5.82 Å². The van der Waals surface area contributed by atoms with Gasteiger partial charge in [0, 0.05) is 12.7 Å². The fourth-order valence-corrected chi connectivity index (χ4v) is 1.82. The van der Waals surface area contributed by atoms with Crippen molar-refractivity contribution in [3.8, 4) is 0 Å². The SMILES string of the molecule is CNS(=O)(=O)CCNc1nc(N)ncc1Br. The molecule has 0 radical (unpaired) electrons. The van der Waals surface area contributed by atoms with Crippen molar-refractivity contribution in [2.45, 2.75) is 0 Å². The first-order valence-corrected chi connectivity index (χ1v) is 6.82. The number of halogens is 1. The highest BCUT2D eigenvalue weighted by atomic mass is 79.9. The molecule has 0 unspecified atom stereocenters. The summed E-state index contributed by atoms with van der Waals surface area (Å²) in [6.07, 6.45) is 1.50. The number of nitrogens with zero attached hydrogens (tertiary/aromatic N) is 2. The van der Waals surface area contributed by atoms with E-state index in [1.165, 1.54) is 13.2 Å². The van der Waals surface area contributed by atoms with Crippen molar-refractivity contribution in [3.05, 3.63) is 10.7 Å². The molecular formula is C7H12BrN5O2S. The number of hydrogen-bond donors (Lipinski definition) is 3. The van der Waals surface area contributed by atoms with Crippen LogP contribution >= 0.6 is 15.9 Å². The molecule has 7 nitrogen and oxygen atoms in total. The second kappa shape index (κ2) is 5.41. The monoisotopic (exact) mass is 309 g/mol. The predicted octanol–water partition coefficient (Wildman–Crippen LogP) is -0.218. The van der Waals surface area contributed by atoms with Gasteiger partial charge in [0.05, 0.1) is 10.2 Å². The van der Waals surface area contributed by atoms with Crippen LogP contribution in [0.3, 0.4) is 0 Å². The maximum absolute atomic E-state index is 11.1. The molecule has 0 bridgehead atoms. The molecule has 1 aromatic rings. The topological polar surface area (TPSA) is 110 Å². The fourth-order valence-electron chi connectivity index (χ4n) is 0.911. The highest BCUT2D eigenvalue weighted by molar-refractivity contribution is 9.10. The van der Waals surface area contributed by atoms with Gasteiger partial charge in [-0.05, 0) is 23.0 Å². The highest BCUT2D eigenvalue weighted by Gasteiger charge is 2.07. The van der Waals surface area contributed by atoms with Gasteiger partial charge in [-0.2, -0.15) is 4.98 Å². The largest absolute Gasteiger partial charge is 0.368 e. The van der Waals surface area contributed by atoms with Crippen LogP contribution in [0.2, 0.25) is 0 Å². The Morgan fingerprint density at radius 3 is 2.88 bits per heavy atom. The Hall–Kier alpha value is -0.930. The van der Waals surface area contributed by atoms with E-state index in [4.69, 9.17) is 5.73 Å². The second-order valence-corrected chi connectivity index (χ2v) is 5.77. The molecule has 0 amide bonds. The summed E-state index contributed by atoms with van der Waals surface area (Å²) in [4.78, 5) is 7.67. The summed E-state index contributed by atoms with van der Waals surface area (Å²) in [5, 5.41) is 2.85. The molecule has 4 N–H and O–H groups in total. The summed E-state index contributed by atoms with van der Waals surface area (Å²) < 4.78 is 25.1. The van der Waals surface area contributed by atoms with E-state index in [1.807, 2.05) is 0 Å². The van der Waals surface area contributed by atoms with Crippen LogP contribution in [0.25, 0.3) is 0 Å². The Balaban J connectivity index is 2.59. The maximum atomic E-state index is 11.1. The Labute approximate surface area is 102 Å². The molecular weight excluding hydrogens is 298 g/mol. The quantitative estimate of drug-likeness (QED) is 0.694. The Morgan fingerprint density at radius 2 is 2.25 bits per heavy atom. The number of nitrogen functional groups attached to an aromatic ring is 1. The third kappa shape index (κ3) is 3.91. The van der Waals surface area contributed by atoms with Gasteiger partial charge in [-0.15, -0.1) is 0 Å². The van der Waals surface area contributed by atoms with Crippen LogP contribution < -0.4 is 15.8 Å². The van der Waals surface area contributed by atoms with Crippen molar-refractivity contribution in [3.63, 3.8) is 0 Å². The van der Waals surface area contributed by atoms with Crippen LogP contribution in [0.5, 0.6) is 0 Å². The van der Waals surface area contributed by atoms with Crippen molar-refractivity contribution in [2.75, 3.05) is 30.4 Å². The molecule has 0 saturated heterocycles. The average molecular weight is 310 g/mol. The standard InChI is InChI=1S/C7H12BrN5O2S/c1-10-16(14,15)3-2-11-6-5(8)4-12-7(9)13-6/h4,10H,2-3H2,1H3,(H3,9,11,12,13). The van der Waals surface area contributed by atoms with Crippen molar-refractivity contribution in [1.82, 2.24) is 14.7 Å². The molecule has 0 atom stereocenters.